The number of nitrogens with two attached hydrogens (primary N) is 1. The van der Waals surface area contributed by atoms with Crippen LogP contribution in [0, 0.1) is 0 Å². The lowest BCUT2D eigenvalue weighted by Crippen LogP contribution is -2.46. The van der Waals surface area contributed by atoms with E-state index in [4.69, 9.17) is 10.2 Å². The summed E-state index contributed by atoms with van der Waals surface area (Å²) in [6, 6.07) is -1.25. The number of hydrogen-bond donors (Lipinski definition) is 3. The van der Waals surface area contributed by atoms with Crippen molar-refractivity contribution in [1.82, 2.24) is 4.90 Å². The summed E-state index contributed by atoms with van der Waals surface area (Å²) in [6.45, 7) is 3.03. The second-order valence-electron chi connectivity index (χ2n) is 1.60. The van der Waals surface area contributed by atoms with E-state index in [0.717, 1.165) is 6.08 Å². The first kappa shape index (κ1) is 9.60. The van der Waals surface area contributed by atoms with Gasteiger partial charge in [-0.1, -0.05) is 6.58 Å². The van der Waals surface area contributed by atoms with Crippen LogP contribution in [0.4, 0.5) is 4.79 Å². The van der Waals surface area contributed by atoms with E-state index in [1.54, 1.807) is 0 Å². The number of imide groups is 1. The number of amides is 3. The Balaban J connectivity index is 4.46. The van der Waals surface area contributed by atoms with Gasteiger partial charge in [0.15, 0.2) is 0 Å². The summed E-state index contributed by atoms with van der Waals surface area (Å²) in [7, 11) is 0. The highest BCUT2D eigenvalue weighted by Crippen LogP contribution is 1.93. The van der Waals surface area contributed by atoms with Crippen molar-refractivity contribution in [2.75, 3.05) is 0 Å². The molecule has 0 atom stereocenters. The van der Waals surface area contributed by atoms with Gasteiger partial charge in [0.1, 0.15) is 0 Å². The van der Waals surface area contributed by atoms with Crippen molar-refractivity contribution in [1.29, 1.82) is 0 Å². The fourth-order valence-corrected chi connectivity index (χ4v) is 0.435. The number of hydrogen-bond acceptors (Lipinski definition) is 4. The highest BCUT2D eigenvalue weighted by molar-refractivity contribution is 5.99. The Kier molecular flexibility index (Phi) is 3.22. The van der Waals surface area contributed by atoms with Gasteiger partial charge in [0.2, 0.25) is 6.41 Å². The molecule has 0 aliphatic carbocycles. The summed E-state index contributed by atoms with van der Waals surface area (Å²) in [5, 5.41) is 16.8. The topological polar surface area (TPSA) is 104 Å². The zero-order valence-corrected chi connectivity index (χ0v) is 5.60. The number of urea groups is 1. The van der Waals surface area contributed by atoms with E-state index in [9.17, 15) is 9.59 Å². The van der Waals surface area contributed by atoms with Crippen molar-refractivity contribution in [3.63, 3.8) is 0 Å². The fraction of sp³-hybridized carbons (Fsp3) is 0.200. The second kappa shape index (κ2) is 3.69. The number of rotatable bonds is 2. The maximum Gasteiger partial charge on any atom is 0.325 e. The Morgan fingerprint density at radius 3 is 2.09 bits per heavy atom. The molecule has 0 spiro atoms. The smallest absolute Gasteiger partial charge is 0.325 e. The summed E-state index contributed by atoms with van der Waals surface area (Å²) >= 11 is 0. The van der Waals surface area contributed by atoms with Crippen LogP contribution in [0.1, 0.15) is 0 Å². The summed E-state index contributed by atoms with van der Waals surface area (Å²) in [6.07, 6.45) is -1.48. The third kappa shape index (κ3) is 2.36. The molecule has 0 radical (unpaired) electrons. The number of carbonyl (C=O) groups excluding carboxylic acids is 2. The van der Waals surface area contributed by atoms with Crippen molar-refractivity contribution < 1.29 is 19.8 Å². The minimum atomic E-state index is -2.22. The second-order valence-corrected chi connectivity index (χ2v) is 1.60. The quantitative estimate of drug-likeness (QED) is 0.332. The van der Waals surface area contributed by atoms with Crippen LogP contribution in [0.2, 0.25) is 0 Å². The molecule has 0 saturated heterocycles. The van der Waals surface area contributed by atoms with Crippen LogP contribution in [-0.4, -0.2) is 33.5 Å². The molecule has 0 aromatic carbocycles. The van der Waals surface area contributed by atoms with Crippen LogP contribution in [0.15, 0.2) is 12.7 Å². The molecule has 0 heterocycles. The van der Waals surface area contributed by atoms with Gasteiger partial charge in [-0.3, -0.25) is 4.79 Å². The lowest BCUT2D eigenvalue weighted by molar-refractivity contribution is -0.158. The Morgan fingerprint density at radius 2 is 2.00 bits per heavy atom. The van der Waals surface area contributed by atoms with Gasteiger partial charge in [-0.25, -0.2) is 9.69 Å². The molecule has 62 valence electrons. The monoisotopic (exact) mass is 160 g/mol. The number of nitrogens with zero attached hydrogens (tertiary/aromatic N) is 1. The van der Waals surface area contributed by atoms with Crippen LogP contribution in [0.25, 0.3) is 0 Å². The highest BCUT2D eigenvalue weighted by Gasteiger charge is 2.22. The zero-order chi connectivity index (χ0) is 9.02. The maximum absolute atomic E-state index is 10.6. The first-order chi connectivity index (χ1) is 5.00. The molecule has 0 rings (SSSR count). The molecule has 0 bridgehead atoms. The summed E-state index contributed by atoms with van der Waals surface area (Å²) in [5.41, 5.74) is 4.61. The van der Waals surface area contributed by atoms with E-state index in [0.29, 0.717) is 0 Å². The predicted molar refractivity (Wildman–Crippen MR) is 34.9 cm³/mol. The van der Waals surface area contributed by atoms with Gasteiger partial charge in [0.25, 0.3) is 5.91 Å². The summed E-state index contributed by atoms with van der Waals surface area (Å²) in [4.78, 5) is 20.9. The van der Waals surface area contributed by atoms with E-state index < -0.39 is 18.4 Å². The molecular weight excluding hydrogens is 152 g/mol. The average molecular weight is 160 g/mol. The Labute approximate surface area is 62.5 Å². The molecule has 6 nitrogen and oxygen atoms in total. The number of aliphatic hydroxyl groups is 2. The standard InChI is InChI=1S/C5H8N2O4/c1-2-3(8)7(4(6)9)5(10)11/h2,5,10-11H,1H2,(H2,6,9). The molecule has 4 N–H and O–H groups in total. The third-order valence-corrected chi connectivity index (χ3v) is 0.880. The third-order valence-electron chi connectivity index (χ3n) is 0.880. The molecule has 0 aromatic heterocycles. The first-order valence-electron chi connectivity index (χ1n) is 2.62. The van der Waals surface area contributed by atoms with Crippen molar-refractivity contribution in [2.24, 2.45) is 5.73 Å². The fourth-order valence-electron chi connectivity index (χ4n) is 0.435. The average Bonchev–Trinajstić information content (AvgIpc) is 1.85. The van der Waals surface area contributed by atoms with Gasteiger partial charge in [-0.05, 0) is 6.08 Å². The minimum Gasteiger partial charge on any atom is -0.351 e. The Bertz CT molecular complexity index is 189. The highest BCUT2D eigenvalue weighted by atomic mass is 16.5. The largest absolute Gasteiger partial charge is 0.351 e. The lowest BCUT2D eigenvalue weighted by Gasteiger charge is -2.17. The summed E-state index contributed by atoms with van der Waals surface area (Å²) < 4.78 is 0. The molecule has 0 aliphatic heterocycles. The van der Waals surface area contributed by atoms with E-state index in [1.165, 1.54) is 0 Å². The molecule has 0 aromatic rings. The van der Waals surface area contributed by atoms with Crippen molar-refractivity contribution >= 4 is 11.9 Å². The SMILES string of the molecule is C=CC(=O)N(C(N)=O)C(O)O. The number of carbonyl (C=O) groups is 2. The molecular formula is C5H8N2O4. The van der Waals surface area contributed by atoms with Gasteiger partial charge < -0.3 is 15.9 Å². The zero-order valence-electron chi connectivity index (χ0n) is 5.60. The molecule has 0 aliphatic rings. The predicted octanol–water partition coefficient (Wildman–Crippen LogP) is -1.65. The molecule has 3 amide bonds. The van der Waals surface area contributed by atoms with Crippen LogP contribution < -0.4 is 5.73 Å². The molecule has 6 heteroatoms. The molecule has 0 fully saturated rings. The van der Waals surface area contributed by atoms with Crippen molar-refractivity contribution in [2.45, 2.75) is 6.41 Å². The molecule has 11 heavy (non-hydrogen) atoms. The van der Waals surface area contributed by atoms with Gasteiger partial charge in [-0.2, -0.15) is 0 Å². The Morgan fingerprint density at radius 1 is 1.55 bits per heavy atom. The van der Waals surface area contributed by atoms with E-state index >= 15 is 0 Å². The first-order valence-corrected chi connectivity index (χ1v) is 2.62. The Hall–Kier alpha value is -1.40. The lowest BCUT2D eigenvalue weighted by atomic mass is 10.5. The normalized spacial score (nSPS) is 9.36. The van der Waals surface area contributed by atoms with Crippen LogP contribution in [-0.2, 0) is 4.79 Å². The van der Waals surface area contributed by atoms with Gasteiger partial charge >= 0.3 is 6.03 Å². The minimum absolute atomic E-state index is 0.0486. The van der Waals surface area contributed by atoms with Crippen LogP contribution in [0.3, 0.4) is 0 Å². The van der Waals surface area contributed by atoms with E-state index in [-0.39, 0.29) is 4.90 Å². The van der Waals surface area contributed by atoms with E-state index in [2.05, 4.69) is 12.3 Å². The molecule has 0 unspecified atom stereocenters. The van der Waals surface area contributed by atoms with E-state index in [1.807, 2.05) is 0 Å². The van der Waals surface area contributed by atoms with Crippen molar-refractivity contribution in [3.8, 4) is 0 Å². The van der Waals surface area contributed by atoms with Gasteiger partial charge in [0, 0.05) is 0 Å². The van der Waals surface area contributed by atoms with Crippen LogP contribution in [0.5, 0.6) is 0 Å². The maximum atomic E-state index is 10.6. The van der Waals surface area contributed by atoms with Gasteiger partial charge in [0.05, 0.1) is 0 Å². The number of aliphatic hydroxyl groups excluding tert-OH is 1. The van der Waals surface area contributed by atoms with Crippen molar-refractivity contribution in [3.05, 3.63) is 12.7 Å². The summed E-state index contributed by atoms with van der Waals surface area (Å²) in [5.74, 6) is -0.965. The van der Waals surface area contributed by atoms with Gasteiger partial charge in [-0.15, -0.1) is 0 Å². The molecule has 0 saturated carbocycles. The number of primary amides is 1. The van der Waals surface area contributed by atoms with Crippen LogP contribution >= 0.6 is 0 Å².